The number of nitrogens with one attached hydrogen (secondary N) is 1. The highest BCUT2D eigenvalue weighted by atomic mass is 35.5. The average molecular weight is 297 g/mol. The second-order valence-electron chi connectivity index (χ2n) is 4.52. The Hall–Kier alpha value is -1.89. The molecule has 7 nitrogen and oxygen atoms in total. The smallest absolute Gasteiger partial charge is 0.322 e. The van der Waals surface area contributed by atoms with Crippen LogP contribution < -0.4 is 10.1 Å². The molecule has 0 aliphatic heterocycles. The molecular weight excluding hydrogens is 280 g/mol. The van der Waals surface area contributed by atoms with Crippen molar-refractivity contribution in [2.75, 3.05) is 5.32 Å². The summed E-state index contributed by atoms with van der Waals surface area (Å²) in [7, 11) is 1.86. The summed E-state index contributed by atoms with van der Waals surface area (Å²) in [6.07, 6.45) is 2.63. The Labute approximate surface area is 122 Å². The molecule has 0 spiro atoms. The molecule has 0 aromatic carbocycles. The summed E-state index contributed by atoms with van der Waals surface area (Å²) in [5.74, 6) is 0.336. The summed E-state index contributed by atoms with van der Waals surface area (Å²) in [4.78, 5) is 12.1. The van der Waals surface area contributed by atoms with Crippen molar-refractivity contribution in [3.05, 3.63) is 17.2 Å². The molecule has 2 rings (SSSR count). The van der Waals surface area contributed by atoms with Gasteiger partial charge in [0.15, 0.2) is 0 Å². The molecule has 0 aliphatic carbocycles. The first-order chi connectivity index (χ1) is 9.47. The van der Waals surface area contributed by atoms with Gasteiger partial charge in [0.1, 0.15) is 0 Å². The Morgan fingerprint density at radius 3 is 2.75 bits per heavy atom. The van der Waals surface area contributed by atoms with E-state index in [-0.39, 0.29) is 17.4 Å². The number of nitrogens with zero attached hydrogens (tertiary/aromatic N) is 5. The van der Waals surface area contributed by atoms with E-state index in [2.05, 4.69) is 25.4 Å². The lowest BCUT2D eigenvalue weighted by atomic mass is 10.3. The Balaban J connectivity index is 2.26. The first kappa shape index (κ1) is 14.5. The van der Waals surface area contributed by atoms with Crippen LogP contribution in [-0.2, 0) is 13.5 Å². The summed E-state index contributed by atoms with van der Waals surface area (Å²) in [5.41, 5.74) is 1.77. The molecule has 0 aliphatic rings. The molecule has 0 saturated carbocycles. The highest BCUT2D eigenvalue weighted by Gasteiger charge is 2.11. The van der Waals surface area contributed by atoms with E-state index in [1.165, 1.54) is 0 Å². The summed E-state index contributed by atoms with van der Waals surface area (Å²) >= 11 is 5.88. The normalized spacial score (nSPS) is 10.9. The number of ether oxygens (including phenoxy) is 1. The predicted molar refractivity (Wildman–Crippen MR) is 76.5 cm³/mol. The predicted octanol–water partition coefficient (Wildman–Crippen LogP) is 2.35. The van der Waals surface area contributed by atoms with Gasteiger partial charge in [0.2, 0.25) is 11.2 Å². The van der Waals surface area contributed by atoms with Gasteiger partial charge in [0.05, 0.1) is 17.5 Å². The van der Waals surface area contributed by atoms with Crippen molar-refractivity contribution >= 4 is 23.2 Å². The van der Waals surface area contributed by atoms with Crippen LogP contribution in [-0.4, -0.2) is 30.8 Å². The molecule has 20 heavy (non-hydrogen) atoms. The Kier molecular flexibility index (Phi) is 4.39. The fraction of sp³-hybridized carbons (Fsp3) is 0.500. The van der Waals surface area contributed by atoms with Crippen molar-refractivity contribution < 1.29 is 4.74 Å². The van der Waals surface area contributed by atoms with Crippen molar-refractivity contribution in [1.82, 2.24) is 24.7 Å². The van der Waals surface area contributed by atoms with Gasteiger partial charge in [0.25, 0.3) is 0 Å². The van der Waals surface area contributed by atoms with Gasteiger partial charge < -0.3 is 10.1 Å². The van der Waals surface area contributed by atoms with Gasteiger partial charge in [-0.15, -0.1) is 0 Å². The standard InChI is InChI=1S/C12H17ClN6O/c1-5-8-9(6-19(4)18-8)14-11-15-10(13)16-12(17-11)20-7(2)3/h6-7H,5H2,1-4H3,(H,14,15,16,17). The van der Waals surface area contributed by atoms with E-state index in [0.29, 0.717) is 5.95 Å². The Morgan fingerprint density at radius 1 is 1.35 bits per heavy atom. The van der Waals surface area contributed by atoms with E-state index in [4.69, 9.17) is 16.3 Å². The lowest BCUT2D eigenvalue weighted by Crippen LogP contribution is -2.10. The van der Waals surface area contributed by atoms with Crippen LogP contribution in [0.3, 0.4) is 0 Å². The van der Waals surface area contributed by atoms with Crippen molar-refractivity contribution in [2.24, 2.45) is 7.05 Å². The van der Waals surface area contributed by atoms with Crippen LogP contribution in [0.15, 0.2) is 6.20 Å². The lowest BCUT2D eigenvalue weighted by Gasteiger charge is -2.09. The first-order valence-corrected chi connectivity index (χ1v) is 6.73. The first-order valence-electron chi connectivity index (χ1n) is 6.35. The Morgan fingerprint density at radius 2 is 2.10 bits per heavy atom. The van der Waals surface area contributed by atoms with Crippen LogP contribution in [0, 0.1) is 0 Å². The van der Waals surface area contributed by atoms with Gasteiger partial charge in [-0.25, -0.2) is 0 Å². The van der Waals surface area contributed by atoms with Crippen LogP contribution in [0.1, 0.15) is 26.5 Å². The summed E-state index contributed by atoms with van der Waals surface area (Å²) in [5, 5.41) is 7.51. The van der Waals surface area contributed by atoms with E-state index in [9.17, 15) is 0 Å². The summed E-state index contributed by atoms with van der Waals surface area (Å²) in [6, 6.07) is 0.199. The minimum atomic E-state index is -0.0362. The van der Waals surface area contributed by atoms with Crippen LogP contribution in [0.2, 0.25) is 5.28 Å². The van der Waals surface area contributed by atoms with Crippen LogP contribution in [0.4, 0.5) is 11.6 Å². The number of hydrogen-bond acceptors (Lipinski definition) is 6. The van der Waals surface area contributed by atoms with Gasteiger partial charge >= 0.3 is 6.01 Å². The maximum absolute atomic E-state index is 5.88. The molecule has 0 saturated heterocycles. The van der Waals surface area contributed by atoms with Gasteiger partial charge in [-0.2, -0.15) is 20.1 Å². The zero-order valence-corrected chi connectivity index (χ0v) is 12.6. The summed E-state index contributed by atoms with van der Waals surface area (Å²) in [6.45, 7) is 5.81. The molecule has 2 aromatic rings. The van der Waals surface area contributed by atoms with Crippen molar-refractivity contribution in [3.8, 4) is 6.01 Å². The van der Waals surface area contributed by atoms with Crippen LogP contribution in [0.5, 0.6) is 6.01 Å². The molecule has 0 unspecified atom stereocenters. The zero-order valence-electron chi connectivity index (χ0n) is 11.9. The van der Waals surface area contributed by atoms with Gasteiger partial charge in [-0.3, -0.25) is 4.68 Å². The highest BCUT2D eigenvalue weighted by Crippen LogP contribution is 2.20. The molecule has 0 atom stereocenters. The van der Waals surface area contributed by atoms with Crippen molar-refractivity contribution in [3.63, 3.8) is 0 Å². The Bertz CT molecular complexity index is 598. The average Bonchev–Trinajstić information content (AvgIpc) is 2.67. The molecule has 1 N–H and O–H groups in total. The molecule has 0 radical (unpaired) electrons. The number of hydrogen-bond donors (Lipinski definition) is 1. The van der Waals surface area contributed by atoms with E-state index < -0.39 is 0 Å². The van der Waals surface area contributed by atoms with Crippen LogP contribution in [0.25, 0.3) is 0 Å². The topological polar surface area (TPSA) is 77.8 Å². The minimum Gasteiger partial charge on any atom is -0.461 e. The third-order valence-corrected chi connectivity index (χ3v) is 2.58. The number of anilines is 2. The molecule has 2 aromatic heterocycles. The molecule has 108 valence electrons. The van der Waals surface area contributed by atoms with Crippen molar-refractivity contribution in [2.45, 2.75) is 33.3 Å². The minimum absolute atomic E-state index is 0.0362. The third kappa shape index (κ3) is 3.57. The van der Waals surface area contributed by atoms with E-state index in [1.807, 2.05) is 34.0 Å². The third-order valence-electron chi connectivity index (χ3n) is 2.42. The molecule has 0 bridgehead atoms. The largest absolute Gasteiger partial charge is 0.461 e. The number of aromatic nitrogens is 5. The van der Waals surface area contributed by atoms with Gasteiger partial charge in [0, 0.05) is 13.2 Å². The van der Waals surface area contributed by atoms with E-state index in [1.54, 1.807) is 4.68 Å². The number of aryl methyl sites for hydroxylation is 2. The molecular formula is C12H17ClN6O. The van der Waals surface area contributed by atoms with E-state index >= 15 is 0 Å². The van der Waals surface area contributed by atoms with Gasteiger partial charge in [-0.1, -0.05) is 6.92 Å². The SMILES string of the molecule is CCc1nn(C)cc1Nc1nc(Cl)nc(OC(C)C)n1. The second kappa shape index (κ2) is 6.04. The molecule has 0 amide bonds. The van der Waals surface area contributed by atoms with Crippen molar-refractivity contribution in [1.29, 1.82) is 0 Å². The fourth-order valence-corrected chi connectivity index (χ4v) is 1.82. The maximum Gasteiger partial charge on any atom is 0.322 e. The molecule has 2 heterocycles. The maximum atomic E-state index is 5.88. The molecule has 8 heteroatoms. The number of halogens is 1. The zero-order chi connectivity index (χ0) is 14.7. The van der Waals surface area contributed by atoms with Crippen LogP contribution >= 0.6 is 11.6 Å². The fourth-order valence-electron chi connectivity index (χ4n) is 1.67. The highest BCUT2D eigenvalue weighted by molar-refractivity contribution is 6.28. The monoisotopic (exact) mass is 296 g/mol. The summed E-state index contributed by atoms with van der Waals surface area (Å²) < 4.78 is 7.16. The van der Waals surface area contributed by atoms with E-state index in [0.717, 1.165) is 17.8 Å². The lowest BCUT2D eigenvalue weighted by molar-refractivity contribution is 0.222. The van der Waals surface area contributed by atoms with Gasteiger partial charge in [-0.05, 0) is 31.9 Å². The number of rotatable bonds is 5. The second-order valence-corrected chi connectivity index (χ2v) is 4.86. The molecule has 0 fully saturated rings. The quantitative estimate of drug-likeness (QED) is 0.912.